The molecule has 0 atom stereocenters. The first kappa shape index (κ1) is 26.7. The van der Waals surface area contributed by atoms with E-state index in [9.17, 15) is 9.59 Å². The number of benzene rings is 2. The van der Waals surface area contributed by atoms with Crippen molar-refractivity contribution in [2.45, 2.75) is 45.8 Å². The van der Waals surface area contributed by atoms with Gasteiger partial charge in [-0.1, -0.05) is 41.9 Å². The third kappa shape index (κ3) is 8.38. The first-order valence-corrected chi connectivity index (χ1v) is 12.3. The van der Waals surface area contributed by atoms with Crippen LogP contribution in [0.15, 0.2) is 48.5 Å². The molecule has 2 N–H and O–H groups in total. The van der Waals surface area contributed by atoms with Crippen molar-refractivity contribution in [2.75, 3.05) is 26.7 Å². The lowest BCUT2D eigenvalue weighted by atomic mass is 10.1. The lowest BCUT2D eigenvalue weighted by Crippen LogP contribution is -2.33. The molecule has 1 aromatic heterocycles. The minimum atomic E-state index is -0.416. The van der Waals surface area contributed by atoms with Gasteiger partial charge in [-0.2, -0.15) is 0 Å². The van der Waals surface area contributed by atoms with E-state index in [0.29, 0.717) is 30.2 Å². The van der Waals surface area contributed by atoms with E-state index in [0.717, 1.165) is 42.4 Å². The molecule has 0 fully saturated rings. The zero-order chi connectivity index (χ0) is 25.4. The van der Waals surface area contributed by atoms with Crippen molar-refractivity contribution in [2.24, 2.45) is 0 Å². The number of nitrogens with zero attached hydrogens (tertiary/aromatic N) is 2. The number of hydroxylamine groups is 2. The first-order chi connectivity index (χ1) is 16.6. The van der Waals surface area contributed by atoms with Crippen molar-refractivity contribution in [3.63, 3.8) is 0 Å². The van der Waals surface area contributed by atoms with E-state index in [-0.39, 0.29) is 5.91 Å². The molecule has 0 radical (unpaired) electrons. The van der Waals surface area contributed by atoms with Crippen molar-refractivity contribution in [3.8, 4) is 0 Å². The number of carbonyl (C=O) groups is 2. The van der Waals surface area contributed by atoms with E-state index in [1.54, 1.807) is 6.07 Å². The minimum absolute atomic E-state index is 0.133. The monoisotopic (exact) mass is 498 g/mol. The molecule has 0 unspecified atom stereocenters. The van der Waals surface area contributed by atoms with Crippen LogP contribution in [0.1, 0.15) is 48.8 Å². The van der Waals surface area contributed by atoms with Gasteiger partial charge in [-0.25, -0.2) is 5.06 Å². The molecule has 2 aromatic carbocycles. The van der Waals surface area contributed by atoms with E-state index in [2.05, 4.69) is 34.4 Å². The Hall–Kier alpha value is -2.87. The van der Waals surface area contributed by atoms with Crippen LogP contribution in [-0.2, 0) is 22.6 Å². The second kappa shape index (κ2) is 12.2. The molecule has 0 saturated carbocycles. The van der Waals surface area contributed by atoms with Gasteiger partial charge in [-0.15, -0.1) is 0 Å². The number of rotatable bonds is 12. The summed E-state index contributed by atoms with van der Waals surface area (Å²) in [6.07, 6.45) is 2.69. The molecule has 0 aliphatic heterocycles. The number of aromatic amines is 1. The zero-order valence-corrected chi connectivity index (χ0v) is 21.7. The van der Waals surface area contributed by atoms with Crippen LogP contribution in [0.25, 0.3) is 10.9 Å². The molecule has 2 amide bonds. The highest BCUT2D eigenvalue weighted by Crippen LogP contribution is 2.23. The minimum Gasteiger partial charge on any atom is -0.350 e. The quantitative estimate of drug-likeness (QED) is 0.277. The molecule has 0 aliphatic rings. The van der Waals surface area contributed by atoms with Crippen LogP contribution in [0, 0.1) is 0 Å². The maximum absolute atomic E-state index is 12.5. The summed E-state index contributed by atoms with van der Waals surface area (Å²) in [7, 11) is 2.06. The molecular weight excluding hydrogens is 464 g/mol. The fourth-order valence-electron chi connectivity index (χ4n) is 3.80. The van der Waals surface area contributed by atoms with Gasteiger partial charge < -0.3 is 15.2 Å². The van der Waals surface area contributed by atoms with Crippen LogP contribution < -0.4 is 5.32 Å². The predicted molar refractivity (Wildman–Crippen MR) is 140 cm³/mol. The second-order valence-electron chi connectivity index (χ2n) is 9.75. The highest BCUT2D eigenvalue weighted by atomic mass is 35.5. The van der Waals surface area contributed by atoms with Gasteiger partial charge in [0.25, 0.3) is 5.91 Å². The van der Waals surface area contributed by atoms with Crippen molar-refractivity contribution in [1.82, 2.24) is 20.3 Å². The number of carbonyl (C=O) groups excluding carboxylic acids is 2. The van der Waals surface area contributed by atoms with Crippen LogP contribution in [0.2, 0.25) is 5.02 Å². The fourth-order valence-corrected chi connectivity index (χ4v) is 4.02. The molecule has 1 heterocycles. The lowest BCUT2D eigenvalue weighted by molar-refractivity contribution is -0.220. The molecule has 188 valence electrons. The Kier molecular flexibility index (Phi) is 9.32. The molecule has 35 heavy (non-hydrogen) atoms. The largest absolute Gasteiger partial charge is 0.350 e. The standard InChI is InChI=1S/C27H35ClN4O3/c1-27(2,3)35-32(19-33)18-21-12-10-20(11-13-21)7-6-15-31(4)16-14-29-26(34)25-17-22-23(28)8-5-9-24(22)30-25/h5,8-13,17,19,30H,6-7,14-16,18H2,1-4H3,(H,29,34). The molecule has 0 bridgehead atoms. The predicted octanol–water partition coefficient (Wildman–Crippen LogP) is 4.80. The molecule has 3 rings (SSSR count). The van der Waals surface area contributed by atoms with Gasteiger partial charge in [0.1, 0.15) is 5.69 Å². The Morgan fingerprint density at radius 2 is 1.83 bits per heavy atom. The van der Waals surface area contributed by atoms with Crippen LogP contribution >= 0.6 is 11.6 Å². The summed E-state index contributed by atoms with van der Waals surface area (Å²) in [4.78, 5) is 34.7. The van der Waals surface area contributed by atoms with Gasteiger partial charge in [0.2, 0.25) is 6.41 Å². The highest BCUT2D eigenvalue weighted by molar-refractivity contribution is 6.35. The van der Waals surface area contributed by atoms with Crippen LogP contribution in [0.5, 0.6) is 0 Å². The summed E-state index contributed by atoms with van der Waals surface area (Å²) in [5.41, 5.74) is 3.23. The second-order valence-corrected chi connectivity index (χ2v) is 10.2. The number of hydrogen-bond donors (Lipinski definition) is 2. The zero-order valence-electron chi connectivity index (χ0n) is 20.9. The number of aryl methyl sites for hydroxylation is 1. The van der Waals surface area contributed by atoms with E-state index >= 15 is 0 Å². The van der Waals surface area contributed by atoms with Gasteiger partial charge in [0.15, 0.2) is 0 Å². The third-order valence-electron chi connectivity index (χ3n) is 5.51. The summed E-state index contributed by atoms with van der Waals surface area (Å²) in [6.45, 7) is 8.42. The Balaban J connectivity index is 1.36. The number of likely N-dealkylation sites (N-methyl/N-ethyl adjacent to an activating group) is 1. The van der Waals surface area contributed by atoms with Crippen LogP contribution in [0.4, 0.5) is 0 Å². The number of hydrogen-bond acceptors (Lipinski definition) is 4. The average Bonchev–Trinajstić information content (AvgIpc) is 3.25. The number of amides is 2. The highest BCUT2D eigenvalue weighted by Gasteiger charge is 2.16. The molecule has 0 spiro atoms. The smallest absolute Gasteiger partial charge is 0.267 e. The van der Waals surface area contributed by atoms with E-state index in [4.69, 9.17) is 16.4 Å². The molecular formula is C27H35ClN4O3. The number of halogens is 1. The van der Waals surface area contributed by atoms with Gasteiger partial charge >= 0.3 is 0 Å². The summed E-state index contributed by atoms with van der Waals surface area (Å²) in [5, 5.41) is 5.77. The fraction of sp³-hybridized carbons (Fsp3) is 0.407. The summed E-state index contributed by atoms with van der Waals surface area (Å²) in [6, 6.07) is 15.6. The lowest BCUT2D eigenvalue weighted by Gasteiger charge is -2.26. The molecule has 0 aliphatic carbocycles. The topological polar surface area (TPSA) is 77.7 Å². The number of aromatic nitrogens is 1. The third-order valence-corrected chi connectivity index (χ3v) is 5.84. The Labute approximate surface area is 212 Å². The maximum Gasteiger partial charge on any atom is 0.267 e. The van der Waals surface area contributed by atoms with Gasteiger partial charge in [-0.3, -0.25) is 14.4 Å². The van der Waals surface area contributed by atoms with Crippen molar-refractivity contribution >= 4 is 34.8 Å². The summed E-state index contributed by atoms with van der Waals surface area (Å²) < 4.78 is 0. The number of nitrogens with one attached hydrogen (secondary N) is 2. The van der Waals surface area contributed by atoms with Crippen molar-refractivity contribution < 1.29 is 14.4 Å². The van der Waals surface area contributed by atoms with E-state index in [1.807, 2.05) is 51.1 Å². The number of fused-ring (bicyclic) bond motifs is 1. The first-order valence-electron chi connectivity index (χ1n) is 11.9. The summed E-state index contributed by atoms with van der Waals surface area (Å²) in [5.74, 6) is -0.133. The molecule has 3 aromatic rings. The van der Waals surface area contributed by atoms with Gasteiger partial charge in [0.05, 0.1) is 12.1 Å². The van der Waals surface area contributed by atoms with Crippen LogP contribution in [0.3, 0.4) is 0 Å². The Morgan fingerprint density at radius 1 is 1.11 bits per heavy atom. The SMILES string of the molecule is CN(CCCc1ccc(CN(C=O)OC(C)(C)C)cc1)CCNC(=O)c1cc2c(Cl)cccc2[nH]1. The maximum atomic E-state index is 12.5. The molecule has 8 heteroatoms. The van der Waals surface area contributed by atoms with Gasteiger partial charge in [0, 0.05) is 29.0 Å². The van der Waals surface area contributed by atoms with Gasteiger partial charge in [-0.05, 0) is 76.5 Å². The van der Waals surface area contributed by atoms with Crippen LogP contribution in [-0.4, -0.2) is 59.5 Å². The van der Waals surface area contributed by atoms with E-state index < -0.39 is 5.60 Å². The Bertz CT molecular complexity index is 1120. The Morgan fingerprint density at radius 3 is 2.49 bits per heavy atom. The molecule has 7 nitrogen and oxygen atoms in total. The average molecular weight is 499 g/mol. The van der Waals surface area contributed by atoms with Crippen molar-refractivity contribution in [1.29, 1.82) is 0 Å². The summed E-state index contributed by atoms with van der Waals surface area (Å²) >= 11 is 6.19. The van der Waals surface area contributed by atoms with E-state index in [1.165, 1.54) is 10.6 Å². The van der Waals surface area contributed by atoms with Crippen molar-refractivity contribution in [3.05, 3.63) is 70.4 Å². The number of H-pyrrole nitrogens is 1. The normalized spacial score (nSPS) is 11.7. The molecule has 0 saturated heterocycles.